The number of nitriles is 1. The number of thiazole rings is 1. The van der Waals surface area contributed by atoms with Crippen molar-refractivity contribution in [1.82, 2.24) is 14.5 Å². The molecule has 0 spiro atoms. The Bertz CT molecular complexity index is 886. The number of para-hydroxylation sites is 1. The second-order valence-corrected chi connectivity index (χ2v) is 5.73. The smallest absolute Gasteiger partial charge is 0.304 e. The highest BCUT2D eigenvalue weighted by Gasteiger charge is 2.14. The largest absolute Gasteiger partial charge is 0.322 e. The van der Waals surface area contributed by atoms with Gasteiger partial charge in [-0.3, -0.25) is 4.79 Å². The van der Waals surface area contributed by atoms with Gasteiger partial charge in [-0.15, -0.1) is 11.6 Å². The van der Waals surface area contributed by atoms with Crippen LogP contribution < -0.4 is 4.87 Å². The predicted molar refractivity (Wildman–Crippen MR) is 82.9 cm³/mol. The SMILES string of the molecule is N#Cc1cccc2c1nc(CCCl)n2Cc1csc(=O)[nH]1. The van der Waals surface area contributed by atoms with Gasteiger partial charge in [-0.2, -0.15) is 5.26 Å². The monoisotopic (exact) mass is 318 g/mol. The molecule has 3 rings (SSSR count). The zero-order valence-corrected chi connectivity index (χ0v) is 12.5. The number of fused-ring (bicyclic) bond motifs is 1. The fourth-order valence-corrected chi connectivity index (χ4v) is 3.04. The second kappa shape index (κ2) is 5.72. The van der Waals surface area contributed by atoms with Crippen molar-refractivity contribution in [2.24, 2.45) is 0 Å². The van der Waals surface area contributed by atoms with Gasteiger partial charge < -0.3 is 9.55 Å². The van der Waals surface area contributed by atoms with Crippen LogP contribution in [0.25, 0.3) is 11.0 Å². The first kappa shape index (κ1) is 13.9. The first-order valence-electron chi connectivity index (χ1n) is 6.34. The topological polar surface area (TPSA) is 74.5 Å². The number of nitrogens with one attached hydrogen (secondary N) is 1. The van der Waals surface area contributed by atoms with Gasteiger partial charge in [0, 0.05) is 23.4 Å². The third-order valence-corrected chi connectivity index (χ3v) is 4.10. The van der Waals surface area contributed by atoms with Crippen LogP contribution in [0.15, 0.2) is 28.4 Å². The molecule has 0 bridgehead atoms. The van der Waals surface area contributed by atoms with Gasteiger partial charge in [0.05, 0.1) is 17.6 Å². The van der Waals surface area contributed by atoms with Crippen molar-refractivity contribution in [3.05, 3.63) is 50.3 Å². The highest BCUT2D eigenvalue weighted by Crippen LogP contribution is 2.21. The molecule has 0 aliphatic rings. The van der Waals surface area contributed by atoms with Gasteiger partial charge in [0.2, 0.25) is 0 Å². The first-order valence-corrected chi connectivity index (χ1v) is 7.75. The molecule has 0 aliphatic carbocycles. The standard InChI is InChI=1S/C14H11ClN4OS/c15-5-4-12-18-13-9(6-16)2-1-3-11(13)19(12)7-10-8-21-14(20)17-10/h1-3,8H,4-5,7H2,(H,17,20). The summed E-state index contributed by atoms with van der Waals surface area (Å²) in [4.78, 5) is 18.5. The zero-order valence-electron chi connectivity index (χ0n) is 11.0. The minimum absolute atomic E-state index is 0.0778. The highest BCUT2D eigenvalue weighted by atomic mass is 35.5. The Labute approximate surface area is 129 Å². The van der Waals surface area contributed by atoms with Crippen molar-refractivity contribution >= 4 is 34.0 Å². The van der Waals surface area contributed by atoms with Crippen molar-refractivity contribution in [3.63, 3.8) is 0 Å². The van der Waals surface area contributed by atoms with Crippen LogP contribution in [-0.4, -0.2) is 20.4 Å². The van der Waals surface area contributed by atoms with E-state index in [1.54, 1.807) is 11.4 Å². The molecule has 7 heteroatoms. The molecule has 2 heterocycles. The molecule has 1 aromatic carbocycles. The van der Waals surface area contributed by atoms with Crippen LogP contribution in [0.2, 0.25) is 0 Å². The van der Waals surface area contributed by atoms with Crippen LogP contribution >= 0.6 is 22.9 Å². The van der Waals surface area contributed by atoms with Gasteiger partial charge in [-0.05, 0) is 12.1 Å². The summed E-state index contributed by atoms with van der Waals surface area (Å²) in [7, 11) is 0. The van der Waals surface area contributed by atoms with E-state index in [1.807, 2.05) is 16.7 Å². The van der Waals surface area contributed by atoms with Crippen molar-refractivity contribution < 1.29 is 0 Å². The summed E-state index contributed by atoms with van der Waals surface area (Å²) in [5, 5.41) is 11.0. The maximum absolute atomic E-state index is 11.3. The lowest BCUT2D eigenvalue weighted by atomic mass is 10.2. The van der Waals surface area contributed by atoms with E-state index in [9.17, 15) is 10.1 Å². The number of alkyl halides is 1. The van der Waals surface area contributed by atoms with Crippen molar-refractivity contribution in [3.8, 4) is 6.07 Å². The van der Waals surface area contributed by atoms with Crippen LogP contribution in [0.3, 0.4) is 0 Å². The number of rotatable bonds is 4. The average molecular weight is 319 g/mol. The molecule has 2 aromatic heterocycles. The number of aromatic nitrogens is 3. The number of hydrogen-bond donors (Lipinski definition) is 1. The number of benzene rings is 1. The first-order chi connectivity index (χ1) is 10.2. The molecule has 0 atom stereocenters. The second-order valence-electron chi connectivity index (χ2n) is 4.51. The van der Waals surface area contributed by atoms with Crippen LogP contribution in [0.5, 0.6) is 0 Å². The third-order valence-electron chi connectivity index (χ3n) is 3.20. The maximum atomic E-state index is 11.3. The minimum Gasteiger partial charge on any atom is -0.322 e. The molecule has 3 aromatic rings. The van der Waals surface area contributed by atoms with Crippen LogP contribution in [0.4, 0.5) is 0 Å². The summed E-state index contributed by atoms with van der Waals surface area (Å²) in [6.07, 6.45) is 0.607. The number of aryl methyl sites for hydroxylation is 1. The minimum atomic E-state index is -0.0778. The molecule has 0 unspecified atom stereocenters. The molecule has 106 valence electrons. The fourth-order valence-electron chi connectivity index (χ4n) is 2.30. The summed E-state index contributed by atoms with van der Waals surface area (Å²) in [6.45, 7) is 0.510. The van der Waals surface area contributed by atoms with E-state index in [4.69, 9.17) is 11.6 Å². The van der Waals surface area contributed by atoms with Gasteiger partial charge in [0.1, 0.15) is 17.4 Å². The van der Waals surface area contributed by atoms with E-state index in [2.05, 4.69) is 16.0 Å². The Hall–Kier alpha value is -2.10. The normalized spacial score (nSPS) is 10.9. The number of aromatic amines is 1. The maximum Gasteiger partial charge on any atom is 0.304 e. The van der Waals surface area contributed by atoms with E-state index < -0.39 is 0 Å². The van der Waals surface area contributed by atoms with E-state index >= 15 is 0 Å². The lowest BCUT2D eigenvalue weighted by Gasteiger charge is -2.06. The van der Waals surface area contributed by atoms with Crippen molar-refractivity contribution in [2.45, 2.75) is 13.0 Å². The predicted octanol–water partition coefficient (Wildman–Crippen LogP) is 2.49. The fraction of sp³-hybridized carbons (Fsp3) is 0.214. The van der Waals surface area contributed by atoms with Gasteiger partial charge in [0.15, 0.2) is 0 Å². The molecule has 21 heavy (non-hydrogen) atoms. The van der Waals surface area contributed by atoms with Gasteiger partial charge in [-0.1, -0.05) is 17.4 Å². The van der Waals surface area contributed by atoms with Gasteiger partial charge in [0.25, 0.3) is 0 Å². The molecule has 5 nitrogen and oxygen atoms in total. The summed E-state index contributed by atoms with van der Waals surface area (Å²) < 4.78 is 2.00. The molecule has 0 saturated carbocycles. The molecule has 0 radical (unpaired) electrons. The third kappa shape index (κ3) is 2.58. The Morgan fingerprint density at radius 3 is 3.00 bits per heavy atom. The number of halogens is 1. The van der Waals surface area contributed by atoms with E-state index in [-0.39, 0.29) is 4.87 Å². The average Bonchev–Trinajstić information content (AvgIpc) is 3.04. The summed E-state index contributed by atoms with van der Waals surface area (Å²) in [6, 6.07) is 7.66. The summed E-state index contributed by atoms with van der Waals surface area (Å²) in [5.74, 6) is 1.26. The molecule has 0 fully saturated rings. The Morgan fingerprint density at radius 1 is 1.48 bits per heavy atom. The van der Waals surface area contributed by atoms with Crippen molar-refractivity contribution in [1.29, 1.82) is 5.26 Å². The van der Waals surface area contributed by atoms with E-state index in [0.717, 1.165) is 28.4 Å². The van der Waals surface area contributed by atoms with Crippen LogP contribution in [0, 0.1) is 11.3 Å². The van der Waals surface area contributed by atoms with Crippen molar-refractivity contribution in [2.75, 3.05) is 5.88 Å². The van der Waals surface area contributed by atoms with Gasteiger partial charge in [-0.25, -0.2) is 4.98 Å². The lowest BCUT2D eigenvalue weighted by molar-refractivity contribution is 0.740. The number of nitrogens with zero attached hydrogens (tertiary/aromatic N) is 3. The number of H-pyrrole nitrogens is 1. The molecule has 0 aliphatic heterocycles. The zero-order chi connectivity index (χ0) is 14.8. The Morgan fingerprint density at radius 2 is 2.33 bits per heavy atom. The summed E-state index contributed by atoms with van der Waals surface area (Å²) in [5.41, 5.74) is 2.92. The Balaban J connectivity index is 2.16. The molecular formula is C14H11ClN4OS. The molecule has 0 saturated heterocycles. The number of imidazole rings is 1. The van der Waals surface area contributed by atoms with Gasteiger partial charge >= 0.3 is 4.87 Å². The Kier molecular flexibility index (Phi) is 3.78. The highest BCUT2D eigenvalue weighted by molar-refractivity contribution is 7.07. The van der Waals surface area contributed by atoms with Crippen LogP contribution in [-0.2, 0) is 13.0 Å². The molecular weight excluding hydrogens is 308 g/mol. The van der Waals surface area contributed by atoms with E-state index in [1.165, 1.54) is 0 Å². The van der Waals surface area contributed by atoms with Crippen LogP contribution in [0.1, 0.15) is 17.1 Å². The molecule has 1 N–H and O–H groups in total. The quantitative estimate of drug-likeness (QED) is 0.751. The molecule has 0 amide bonds. The van der Waals surface area contributed by atoms with E-state index in [0.29, 0.717) is 29.9 Å². The number of hydrogen-bond acceptors (Lipinski definition) is 4. The summed E-state index contributed by atoms with van der Waals surface area (Å²) >= 11 is 6.98. The lowest BCUT2D eigenvalue weighted by Crippen LogP contribution is -2.07.